The van der Waals surface area contributed by atoms with Crippen molar-refractivity contribution in [2.24, 2.45) is 0 Å². The molecule has 0 aliphatic carbocycles. The van der Waals surface area contributed by atoms with Gasteiger partial charge >= 0.3 is 23.9 Å². The highest BCUT2D eigenvalue weighted by atomic mass is 16.7. The Morgan fingerprint density at radius 1 is 0.839 bits per heavy atom. The summed E-state index contributed by atoms with van der Waals surface area (Å²) in [5, 5.41) is 0. The van der Waals surface area contributed by atoms with Gasteiger partial charge < -0.3 is 28.4 Å². The van der Waals surface area contributed by atoms with Crippen LogP contribution >= 0.6 is 0 Å². The minimum absolute atomic E-state index is 0.265. The maximum Gasteiger partial charge on any atom is 0.303 e. The van der Waals surface area contributed by atoms with Gasteiger partial charge in [0.2, 0.25) is 12.4 Å². The molecule has 1 saturated heterocycles. The van der Waals surface area contributed by atoms with Crippen LogP contribution < -0.4 is 4.74 Å². The molecule has 170 valence electrons. The first-order valence-corrected chi connectivity index (χ1v) is 9.02. The number of esters is 4. The Bertz CT molecular complexity index is 881. The van der Waals surface area contributed by atoms with Gasteiger partial charge in [-0.15, -0.1) is 0 Å². The van der Waals surface area contributed by atoms with Crippen LogP contribution in [0.1, 0.15) is 38.6 Å². The summed E-state index contributed by atoms with van der Waals surface area (Å²) in [7, 11) is 0. The minimum Gasteiger partial charge on any atom is -0.463 e. The molecule has 0 N–H and O–H groups in total. The predicted molar refractivity (Wildman–Crippen MR) is 104 cm³/mol. The average Bonchev–Trinajstić information content (AvgIpc) is 2.86. The fourth-order valence-corrected chi connectivity index (χ4v) is 2.89. The molecular weight excluding hydrogens is 412 g/mol. The van der Waals surface area contributed by atoms with Crippen LogP contribution in [0.3, 0.4) is 0 Å². The molecule has 0 radical (unpaired) electrons. The monoisotopic (exact) mass is 442 g/mol. The van der Waals surface area contributed by atoms with Gasteiger partial charge in [-0.25, -0.2) is 0 Å². The number of ether oxygens (including phenoxy) is 6. The van der Waals surface area contributed by atoms with Gasteiger partial charge in [0, 0.05) is 33.1 Å². The minimum atomic E-state index is -1.59. The number of hydrogen-bond acceptors (Lipinski definition) is 10. The van der Waals surface area contributed by atoms with Crippen molar-refractivity contribution in [2.75, 3.05) is 6.61 Å². The lowest BCUT2D eigenvalue weighted by atomic mass is 9.98. The number of carbonyl (C=O) groups excluding carboxylic acids is 4. The van der Waals surface area contributed by atoms with Crippen molar-refractivity contribution in [2.45, 2.75) is 65.2 Å². The third-order valence-corrected chi connectivity index (χ3v) is 4.08. The highest BCUT2D eigenvalue weighted by molar-refractivity contribution is 5.68. The molecule has 2 rings (SSSR count). The number of carbonyl (C=O) groups is 4. The predicted octanol–water partition coefficient (Wildman–Crippen LogP) is 1.46. The summed E-state index contributed by atoms with van der Waals surface area (Å²) in [6.45, 7) is -1.84. The van der Waals surface area contributed by atoms with Crippen LogP contribution in [0.2, 0.25) is 0 Å². The fraction of sp³-hybridized carbons (Fsp3) is 0.524. The van der Waals surface area contributed by atoms with Gasteiger partial charge in [0.05, 0.1) is 0 Å². The summed E-state index contributed by atoms with van der Waals surface area (Å²) >= 11 is 0. The van der Waals surface area contributed by atoms with Gasteiger partial charge in [-0.1, -0.05) is 17.7 Å². The molecule has 10 nitrogen and oxygen atoms in total. The Morgan fingerprint density at radius 2 is 1.39 bits per heavy atom. The lowest BCUT2D eigenvalue weighted by Crippen LogP contribution is -2.63. The third kappa shape index (κ3) is 7.25. The second-order valence-electron chi connectivity index (χ2n) is 6.52. The molecule has 1 unspecified atom stereocenters. The quantitative estimate of drug-likeness (QED) is 0.453. The third-order valence-electron chi connectivity index (χ3n) is 4.08. The van der Waals surface area contributed by atoms with Crippen molar-refractivity contribution in [1.82, 2.24) is 0 Å². The smallest absolute Gasteiger partial charge is 0.303 e. The molecule has 1 fully saturated rings. The summed E-state index contributed by atoms with van der Waals surface area (Å²) in [5.41, 5.74) is 0.920. The largest absolute Gasteiger partial charge is 0.463 e. The highest BCUT2D eigenvalue weighted by Gasteiger charge is 2.53. The fourth-order valence-electron chi connectivity index (χ4n) is 2.89. The molecule has 0 saturated carbocycles. The lowest BCUT2D eigenvalue weighted by Gasteiger charge is -2.43. The van der Waals surface area contributed by atoms with Crippen molar-refractivity contribution in [1.29, 1.82) is 0 Å². The first-order valence-electron chi connectivity index (χ1n) is 11.8. The summed E-state index contributed by atoms with van der Waals surface area (Å²) in [6, 6.07) is 6.64. The zero-order valence-electron chi connectivity index (χ0n) is 20.8. The van der Waals surface area contributed by atoms with Crippen LogP contribution in [0, 0.1) is 6.92 Å². The Kier molecular flexibility index (Phi) is 6.46. The number of rotatable bonds is 7. The molecule has 1 heterocycles. The topological polar surface area (TPSA) is 124 Å². The van der Waals surface area contributed by atoms with Crippen LogP contribution in [-0.2, 0) is 42.9 Å². The zero-order chi connectivity index (χ0) is 26.0. The van der Waals surface area contributed by atoms with Crippen molar-refractivity contribution in [3.63, 3.8) is 0 Å². The standard InChI is InChI=1S/C21H26O10/c1-11-6-8-16(9-7-11)30-21-20(29-15(5)25)19(28-14(4)24)18(27-13(3)23)17(31-21)10-26-12(2)22/h6-9,17-21H,10H2,1-5H3/t17-,18+,19+,20-,21?/m1/s1/i2D,3D,4D,5D. The van der Waals surface area contributed by atoms with E-state index in [4.69, 9.17) is 33.9 Å². The number of aryl methyl sites for hydroxylation is 1. The lowest BCUT2D eigenvalue weighted by molar-refractivity contribution is -0.288. The van der Waals surface area contributed by atoms with E-state index in [1.165, 1.54) is 0 Å². The summed E-state index contributed by atoms with van der Waals surface area (Å²) in [6.07, 6.45) is -7.50. The van der Waals surface area contributed by atoms with Crippen LogP contribution in [0.5, 0.6) is 5.75 Å². The second kappa shape index (κ2) is 10.8. The zero-order valence-corrected chi connectivity index (χ0v) is 16.8. The molecule has 0 spiro atoms. The van der Waals surface area contributed by atoms with Gasteiger partial charge in [-0.3, -0.25) is 19.2 Å². The molecule has 31 heavy (non-hydrogen) atoms. The Balaban J connectivity index is 2.48. The molecule has 1 aliphatic heterocycles. The molecular formula is C21H26O10. The molecule has 0 bridgehead atoms. The van der Waals surface area contributed by atoms with Gasteiger partial charge in [0.1, 0.15) is 18.5 Å². The SMILES string of the molecule is [2H]CC(=O)OC[C@H]1OC(Oc2ccc(C)cc2)[C@H](OC(=O)C[2H])[C@@H](OC(=O)C[2H])[C@H]1OC(=O)C[2H]. The van der Waals surface area contributed by atoms with E-state index in [2.05, 4.69) is 0 Å². The summed E-state index contributed by atoms with van der Waals surface area (Å²) < 4.78 is 61.2. The molecule has 0 amide bonds. The van der Waals surface area contributed by atoms with Crippen LogP contribution in [0.4, 0.5) is 0 Å². The van der Waals surface area contributed by atoms with Crippen LogP contribution in [0.15, 0.2) is 24.3 Å². The Labute approximate surface area is 185 Å². The van der Waals surface area contributed by atoms with E-state index >= 15 is 0 Å². The van der Waals surface area contributed by atoms with Gasteiger partial charge in [-0.05, 0) is 19.1 Å². The summed E-state index contributed by atoms with van der Waals surface area (Å²) in [4.78, 5) is 47.6. The maximum absolute atomic E-state index is 12.0. The molecule has 10 heteroatoms. The Morgan fingerprint density at radius 3 is 1.97 bits per heavy atom. The van der Waals surface area contributed by atoms with E-state index < -0.39 is 88.8 Å². The van der Waals surface area contributed by atoms with Crippen molar-refractivity contribution >= 4 is 23.9 Å². The van der Waals surface area contributed by atoms with E-state index in [1.54, 1.807) is 24.3 Å². The molecule has 1 aromatic carbocycles. The second-order valence-corrected chi connectivity index (χ2v) is 6.52. The first kappa shape index (κ1) is 18.6. The molecule has 1 aromatic rings. The average molecular weight is 442 g/mol. The maximum atomic E-state index is 12.0. The molecule has 1 aliphatic rings. The van der Waals surface area contributed by atoms with Gasteiger partial charge in [0.15, 0.2) is 12.2 Å². The van der Waals surface area contributed by atoms with Crippen LogP contribution in [-0.4, -0.2) is 61.2 Å². The summed E-state index contributed by atoms with van der Waals surface area (Å²) in [5.74, 6) is -3.80. The Hall–Kier alpha value is -3.14. The first-order chi connectivity index (χ1) is 16.7. The van der Waals surface area contributed by atoms with E-state index in [0.29, 0.717) is 0 Å². The van der Waals surface area contributed by atoms with Crippen molar-refractivity contribution < 1.29 is 53.1 Å². The molecule has 0 aromatic heterocycles. The van der Waals surface area contributed by atoms with E-state index in [1.807, 2.05) is 6.92 Å². The van der Waals surface area contributed by atoms with E-state index in [0.717, 1.165) is 5.56 Å². The van der Waals surface area contributed by atoms with Crippen molar-refractivity contribution in [3.05, 3.63) is 29.8 Å². The number of hydrogen-bond donors (Lipinski definition) is 0. The van der Waals surface area contributed by atoms with Gasteiger partial charge in [-0.2, -0.15) is 0 Å². The highest BCUT2D eigenvalue weighted by Crippen LogP contribution is 2.31. The van der Waals surface area contributed by atoms with Crippen molar-refractivity contribution in [3.8, 4) is 5.75 Å². The normalized spacial score (nSPS) is 26.8. The number of benzene rings is 1. The van der Waals surface area contributed by atoms with Gasteiger partial charge in [0.25, 0.3) is 0 Å². The van der Waals surface area contributed by atoms with E-state index in [-0.39, 0.29) is 5.75 Å². The van der Waals surface area contributed by atoms with E-state index in [9.17, 15) is 19.2 Å². The molecule has 5 atom stereocenters. The van der Waals surface area contributed by atoms with Crippen LogP contribution in [0.25, 0.3) is 0 Å².